The molecule has 2 heterocycles. The quantitative estimate of drug-likeness (QED) is 0.785. The number of hydrogen-bond donors (Lipinski definition) is 1. The normalized spacial score (nSPS) is 18.2. The third kappa shape index (κ3) is 5.83. The highest BCUT2D eigenvalue weighted by molar-refractivity contribution is 6.31. The second-order valence-electron chi connectivity index (χ2n) is 7.40. The van der Waals surface area contributed by atoms with Crippen molar-refractivity contribution >= 4 is 23.5 Å². The molecule has 10 heteroatoms. The van der Waals surface area contributed by atoms with Crippen molar-refractivity contribution < 1.29 is 32.6 Å². The van der Waals surface area contributed by atoms with E-state index in [1.54, 1.807) is 7.11 Å². The van der Waals surface area contributed by atoms with E-state index in [9.17, 15) is 18.0 Å². The van der Waals surface area contributed by atoms with E-state index in [0.717, 1.165) is 50.5 Å². The Morgan fingerprint density at radius 2 is 1.90 bits per heavy atom. The third-order valence-corrected chi connectivity index (χ3v) is 5.62. The molecular formula is C19H24ClF3N2O4. The molecule has 0 radical (unpaired) electrons. The lowest BCUT2D eigenvalue weighted by molar-refractivity contribution is -0.192. The van der Waals surface area contributed by atoms with Crippen LogP contribution < -0.4 is 0 Å². The van der Waals surface area contributed by atoms with Crippen molar-refractivity contribution in [2.75, 3.05) is 46.4 Å². The number of hydrogen-bond acceptors (Lipinski definition) is 4. The molecule has 1 aromatic carbocycles. The zero-order chi connectivity index (χ0) is 21.8. The SMILES string of the molecule is COCCN1CCC2(C1)CN(C(=O)c1cccc(Cl)c1C)C2.O=C(O)C(F)(F)F. The zero-order valence-corrected chi connectivity index (χ0v) is 17.0. The van der Waals surface area contributed by atoms with Crippen molar-refractivity contribution in [2.24, 2.45) is 5.41 Å². The Kier molecular flexibility index (Phi) is 7.53. The first kappa shape index (κ1) is 23.4. The second kappa shape index (κ2) is 9.32. The van der Waals surface area contributed by atoms with Crippen molar-refractivity contribution in [3.05, 3.63) is 34.3 Å². The minimum absolute atomic E-state index is 0.112. The number of carbonyl (C=O) groups is 2. The highest BCUT2D eigenvalue weighted by Crippen LogP contribution is 2.40. The highest BCUT2D eigenvalue weighted by Gasteiger charge is 2.49. The van der Waals surface area contributed by atoms with E-state index < -0.39 is 12.1 Å². The second-order valence-corrected chi connectivity index (χ2v) is 7.80. The number of aliphatic carboxylic acids is 1. The molecule has 162 valence electrons. The number of nitrogens with zero attached hydrogens (tertiary/aromatic N) is 2. The molecule has 0 bridgehead atoms. The lowest BCUT2D eigenvalue weighted by Gasteiger charge is -2.48. The number of methoxy groups -OCH3 is 1. The number of halogens is 4. The van der Waals surface area contributed by atoms with Gasteiger partial charge in [-0.15, -0.1) is 0 Å². The molecule has 0 aliphatic carbocycles. The summed E-state index contributed by atoms with van der Waals surface area (Å²) in [5, 5.41) is 7.78. The summed E-state index contributed by atoms with van der Waals surface area (Å²) in [6.45, 7) is 7.59. The Morgan fingerprint density at radius 1 is 1.28 bits per heavy atom. The largest absolute Gasteiger partial charge is 0.490 e. The van der Waals surface area contributed by atoms with Gasteiger partial charge in [-0.25, -0.2) is 4.79 Å². The summed E-state index contributed by atoms with van der Waals surface area (Å²) in [4.78, 5) is 25.9. The summed E-state index contributed by atoms with van der Waals surface area (Å²) in [6.07, 6.45) is -3.91. The average molecular weight is 437 g/mol. The van der Waals surface area contributed by atoms with E-state index in [4.69, 9.17) is 26.2 Å². The van der Waals surface area contributed by atoms with Crippen LogP contribution in [0.15, 0.2) is 18.2 Å². The predicted molar refractivity (Wildman–Crippen MR) is 101 cm³/mol. The van der Waals surface area contributed by atoms with Crippen LogP contribution in [0.3, 0.4) is 0 Å². The minimum Gasteiger partial charge on any atom is -0.475 e. The number of ether oxygens (including phenoxy) is 1. The van der Waals surface area contributed by atoms with Crippen LogP contribution in [0.2, 0.25) is 5.02 Å². The maximum atomic E-state index is 12.6. The van der Waals surface area contributed by atoms with Gasteiger partial charge in [-0.1, -0.05) is 17.7 Å². The van der Waals surface area contributed by atoms with Gasteiger partial charge in [0.1, 0.15) is 0 Å². The van der Waals surface area contributed by atoms with Gasteiger partial charge in [-0.3, -0.25) is 4.79 Å². The monoisotopic (exact) mass is 436 g/mol. The van der Waals surface area contributed by atoms with E-state index in [2.05, 4.69) is 4.90 Å². The van der Waals surface area contributed by atoms with Crippen molar-refractivity contribution in [3.63, 3.8) is 0 Å². The van der Waals surface area contributed by atoms with Crippen LogP contribution in [-0.2, 0) is 9.53 Å². The van der Waals surface area contributed by atoms with E-state index in [0.29, 0.717) is 10.4 Å². The van der Waals surface area contributed by atoms with E-state index in [1.165, 1.54) is 6.42 Å². The number of carbonyl (C=O) groups excluding carboxylic acids is 1. The fraction of sp³-hybridized carbons (Fsp3) is 0.579. The van der Waals surface area contributed by atoms with Gasteiger partial charge in [0.05, 0.1) is 6.61 Å². The van der Waals surface area contributed by atoms with Crippen LogP contribution in [-0.4, -0.2) is 79.4 Å². The number of carboxylic acid groups (broad SMARTS) is 1. The number of amides is 1. The number of rotatable bonds is 4. The first-order valence-corrected chi connectivity index (χ1v) is 9.43. The fourth-order valence-electron chi connectivity index (χ4n) is 3.61. The average Bonchev–Trinajstić information content (AvgIpc) is 3.05. The fourth-order valence-corrected chi connectivity index (χ4v) is 3.79. The van der Waals surface area contributed by atoms with Gasteiger partial charge in [0.2, 0.25) is 0 Å². The molecular weight excluding hydrogens is 413 g/mol. The van der Waals surface area contributed by atoms with Crippen molar-refractivity contribution in [2.45, 2.75) is 19.5 Å². The van der Waals surface area contributed by atoms with Crippen molar-refractivity contribution in [1.29, 1.82) is 0 Å². The molecule has 2 aliphatic heterocycles. The number of benzene rings is 1. The third-order valence-electron chi connectivity index (χ3n) is 5.21. The van der Waals surface area contributed by atoms with Crippen molar-refractivity contribution in [3.8, 4) is 0 Å². The van der Waals surface area contributed by atoms with Gasteiger partial charge in [0.15, 0.2) is 0 Å². The predicted octanol–water partition coefficient (Wildman–Crippen LogP) is 3.08. The molecule has 0 atom stereocenters. The molecule has 3 rings (SSSR count). The van der Waals surface area contributed by atoms with Crippen LogP contribution in [0.25, 0.3) is 0 Å². The molecule has 6 nitrogen and oxygen atoms in total. The number of carboxylic acids is 1. The Balaban J connectivity index is 0.000000370. The standard InChI is InChI=1S/C17H23ClN2O2.C2HF3O2/c1-13-14(4-3-5-15(13)18)16(21)20-11-17(12-20)6-7-19(10-17)8-9-22-2;3-2(4,5)1(6)7/h3-5H,6-12H2,1-2H3;(H,6,7). The Hall–Kier alpha value is -1.84. The van der Waals surface area contributed by atoms with Gasteiger partial charge >= 0.3 is 12.1 Å². The summed E-state index contributed by atoms with van der Waals surface area (Å²) in [7, 11) is 1.74. The van der Waals surface area contributed by atoms with Crippen LogP contribution in [0.4, 0.5) is 13.2 Å². The van der Waals surface area contributed by atoms with Gasteiger partial charge < -0.3 is 19.6 Å². The molecule has 1 spiro atoms. The molecule has 2 fully saturated rings. The topological polar surface area (TPSA) is 70.1 Å². The smallest absolute Gasteiger partial charge is 0.475 e. The van der Waals surface area contributed by atoms with Crippen LogP contribution in [0.1, 0.15) is 22.3 Å². The lowest BCUT2D eigenvalue weighted by Crippen LogP contribution is -2.59. The molecule has 2 aliphatic rings. The van der Waals surface area contributed by atoms with Crippen LogP contribution >= 0.6 is 11.6 Å². The summed E-state index contributed by atoms with van der Waals surface area (Å²) >= 11 is 6.12. The summed E-state index contributed by atoms with van der Waals surface area (Å²) in [6, 6.07) is 5.55. The molecule has 0 unspecified atom stereocenters. The molecule has 29 heavy (non-hydrogen) atoms. The molecule has 0 saturated carbocycles. The van der Waals surface area contributed by atoms with E-state index in [-0.39, 0.29) is 5.91 Å². The maximum Gasteiger partial charge on any atom is 0.490 e. The summed E-state index contributed by atoms with van der Waals surface area (Å²) in [5.74, 6) is -2.64. The zero-order valence-electron chi connectivity index (χ0n) is 16.3. The highest BCUT2D eigenvalue weighted by atomic mass is 35.5. The van der Waals surface area contributed by atoms with Crippen LogP contribution in [0.5, 0.6) is 0 Å². The molecule has 1 amide bonds. The molecule has 1 aromatic rings. The molecule has 0 aromatic heterocycles. The van der Waals surface area contributed by atoms with Crippen molar-refractivity contribution in [1.82, 2.24) is 9.80 Å². The molecule has 2 saturated heterocycles. The van der Waals surface area contributed by atoms with Crippen LogP contribution in [0, 0.1) is 12.3 Å². The summed E-state index contributed by atoms with van der Waals surface area (Å²) < 4.78 is 36.9. The summed E-state index contributed by atoms with van der Waals surface area (Å²) in [5.41, 5.74) is 1.91. The Bertz CT molecular complexity index is 751. The van der Waals surface area contributed by atoms with E-state index >= 15 is 0 Å². The number of likely N-dealkylation sites (tertiary alicyclic amines) is 2. The number of alkyl halides is 3. The first-order chi connectivity index (χ1) is 13.5. The van der Waals surface area contributed by atoms with Gasteiger partial charge in [-0.2, -0.15) is 13.2 Å². The Labute approximate surface area is 172 Å². The minimum atomic E-state index is -5.08. The van der Waals surface area contributed by atoms with Gasteiger partial charge in [-0.05, 0) is 37.6 Å². The maximum absolute atomic E-state index is 12.6. The van der Waals surface area contributed by atoms with E-state index in [1.807, 2.05) is 30.0 Å². The molecule has 1 N–H and O–H groups in total. The van der Waals surface area contributed by atoms with Gasteiger partial charge in [0, 0.05) is 49.3 Å². The van der Waals surface area contributed by atoms with Gasteiger partial charge in [0.25, 0.3) is 5.91 Å². The Morgan fingerprint density at radius 3 is 2.45 bits per heavy atom. The first-order valence-electron chi connectivity index (χ1n) is 9.05. The lowest BCUT2D eigenvalue weighted by atomic mass is 9.78.